The fourth-order valence-corrected chi connectivity index (χ4v) is 5.83. The number of rotatable bonds is 9. The largest absolute Gasteiger partial charge is 0.467 e. The molecule has 0 bridgehead atoms. The molecule has 2 aliphatic carbocycles. The van der Waals surface area contributed by atoms with Gasteiger partial charge in [0.15, 0.2) is 18.1 Å². The zero-order valence-electron chi connectivity index (χ0n) is 32.9. The number of fused-ring (bicyclic) bond motifs is 1. The molecule has 4 aliphatic rings. The minimum atomic E-state index is -1.24. The van der Waals surface area contributed by atoms with Crippen LogP contribution in [0.15, 0.2) is 101 Å². The number of amidine groups is 1. The zero-order chi connectivity index (χ0) is 39.6. The molecular weight excluding hydrogens is 688 g/mol. The molecule has 2 fully saturated rings. The summed E-state index contributed by atoms with van der Waals surface area (Å²) in [6.45, 7) is 20.3. The van der Waals surface area contributed by atoms with Gasteiger partial charge in [-0.15, -0.1) is 0 Å². The van der Waals surface area contributed by atoms with Crippen molar-refractivity contribution in [3.63, 3.8) is 0 Å². The molecule has 2 aromatic carbocycles. The maximum absolute atomic E-state index is 15.2. The average molecular weight is 744 g/mol. The topological polar surface area (TPSA) is 99.8 Å². The van der Waals surface area contributed by atoms with Crippen LogP contribution in [-0.4, -0.2) is 29.8 Å². The Hall–Kier alpha value is -4.87. The molecule has 5 N–H and O–H groups in total. The van der Waals surface area contributed by atoms with Crippen LogP contribution in [0.1, 0.15) is 110 Å². The fraction of sp³-hybridized carbons (Fsp3) is 0.395. The van der Waals surface area contributed by atoms with Crippen molar-refractivity contribution in [3.8, 4) is 17.0 Å². The van der Waals surface area contributed by atoms with Crippen LogP contribution in [-0.2, 0) is 0 Å². The Balaban J connectivity index is 0.000000285. The highest BCUT2D eigenvalue weighted by molar-refractivity contribution is 5.95. The normalized spacial score (nSPS) is 18.7. The zero-order valence-corrected chi connectivity index (χ0v) is 32.9. The van der Waals surface area contributed by atoms with Crippen molar-refractivity contribution in [1.29, 1.82) is 0 Å². The fourth-order valence-electron chi connectivity index (χ4n) is 5.83. The SMILES string of the molecule is C=C1NC(C2(F)CC2)=N/C=C(C)\C=C/1C.CC.CC.CC(C)c1cc(-c2nc(C(CNC=C3CC3)c3ccccc3)cc3c2OCN3NN)c(F)cc1F. The maximum Gasteiger partial charge on any atom is 0.176 e. The second-order valence-corrected chi connectivity index (χ2v) is 13.5. The van der Waals surface area contributed by atoms with Crippen LogP contribution in [0.4, 0.5) is 18.9 Å². The van der Waals surface area contributed by atoms with E-state index in [9.17, 15) is 8.78 Å². The maximum atomic E-state index is 15.2. The summed E-state index contributed by atoms with van der Waals surface area (Å²) in [4.78, 5) is 9.07. The van der Waals surface area contributed by atoms with E-state index < -0.39 is 17.3 Å². The van der Waals surface area contributed by atoms with E-state index in [2.05, 4.69) is 46.1 Å². The van der Waals surface area contributed by atoms with E-state index in [-0.39, 0.29) is 24.1 Å². The summed E-state index contributed by atoms with van der Waals surface area (Å²) in [7, 11) is 0. The molecule has 0 radical (unpaired) electrons. The molecule has 2 aliphatic heterocycles. The van der Waals surface area contributed by atoms with Crippen molar-refractivity contribution < 1.29 is 17.9 Å². The minimum absolute atomic E-state index is 0.120. The number of nitrogens with two attached hydrogens (primary N) is 1. The van der Waals surface area contributed by atoms with Gasteiger partial charge in [0.25, 0.3) is 0 Å². The van der Waals surface area contributed by atoms with Crippen molar-refractivity contribution >= 4 is 11.5 Å². The van der Waals surface area contributed by atoms with Crippen molar-refractivity contribution in [2.45, 2.75) is 98.6 Å². The highest BCUT2D eigenvalue weighted by Crippen LogP contribution is 2.44. The predicted molar refractivity (Wildman–Crippen MR) is 216 cm³/mol. The monoisotopic (exact) mass is 743 g/mol. The molecule has 7 rings (SSSR count). The number of halogens is 3. The highest BCUT2D eigenvalue weighted by Gasteiger charge is 2.49. The van der Waals surface area contributed by atoms with Crippen LogP contribution >= 0.6 is 0 Å². The predicted octanol–water partition coefficient (Wildman–Crippen LogP) is 9.99. The molecule has 3 heterocycles. The first-order chi connectivity index (χ1) is 26.0. The van der Waals surface area contributed by atoms with Crippen molar-refractivity contribution in [2.75, 3.05) is 18.3 Å². The summed E-state index contributed by atoms with van der Waals surface area (Å²) in [5, 5.41) is 8.02. The molecular formula is C43H56F3N7O. The van der Waals surface area contributed by atoms with E-state index in [4.69, 9.17) is 15.6 Å². The number of hydrogen-bond donors (Lipinski definition) is 4. The van der Waals surface area contributed by atoms with Crippen molar-refractivity contribution in [2.24, 2.45) is 10.8 Å². The lowest BCUT2D eigenvalue weighted by atomic mass is 9.93. The summed E-state index contributed by atoms with van der Waals surface area (Å²) in [6, 6.07) is 14.4. The third kappa shape index (κ3) is 10.2. The first-order valence-electron chi connectivity index (χ1n) is 18.9. The van der Waals surface area contributed by atoms with Crippen LogP contribution in [0.25, 0.3) is 11.3 Å². The summed E-state index contributed by atoms with van der Waals surface area (Å²) >= 11 is 0. The Morgan fingerprint density at radius 1 is 1.04 bits per heavy atom. The van der Waals surface area contributed by atoms with Gasteiger partial charge in [0, 0.05) is 36.0 Å². The molecule has 2 saturated carbocycles. The number of anilines is 1. The van der Waals surface area contributed by atoms with Gasteiger partial charge in [-0.1, -0.05) is 90.1 Å². The van der Waals surface area contributed by atoms with Gasteiger partial charge in [-0.2, -0.15) is 5.53 Å². The van der Waals surface area contributed by atoms with Gasteiger partial charge in [0.05, 0.1) is 5.69 Å². The van der Waals surface area contributed by atoms with E-state index in [1.807, 2.05) is 85.7 Å². The summed E-state index contributed by atoms with van der Waals surface area (Å²) in [5.41, 5.74) is 8.94. The van der Waals surface area contributed by atoms with Crippen molar-refractivity contribution in [3.05, 3.63) is 124 Å². The molecule has 3 aromatic rings. The summed E-state index contributed by atoms with van der Waals surface area (Å²) < 4.78 is 49.4. The van der Waals surface area contributed by atoms with E-state index in [0.717, 1.165) is 47.0 Å². The van der Waals surface area contributed by atoms with Crippen LogP contribution < -0.4 is 31.8 Å². The Kier molecular flexibility index (Phi) is 14.7. The van der Waals surface area contributed by atoms with Gasteiger partial charge in [-0.3, -0.25) is 10.9 Å². The Morgan fingerprint density at radius 2 is 1.72 bits per heavy atom. The lowest BCUT2D eigenvalue weighted by Crippen LogP contribution is -2.42. The molecule has 0 amide bonds. The average Bonchev–Trinajstić information content (AvgIpc) is 4.11. The second-order valence-electron chi connectivity index (χ2n) is 13.5. The number of allylic oxidation sites excluding steroid dienone is 4. The molecule has 1 atom stereocenters. The van der Waals surface area contributed by atoms with E-state index in [1.54, 1.807) is 11.2 Å². The minimum Gasteiger partial charge on any atom is -0.467 e. The lowest BCUT2D eigenvalue weighted by molar-refractivity contribution is 0.333. The van der Waals surface area contributed by atoms with Gasteiger partial charge < -0.3 is 15.4 Å². The van der Waals surface area contributed by atoms with Gasteiger partial charge in [-0.05, 0) is 86.1 Å². The van der Waals surface area contributed by atoms with Gasteiger partial charge in [0.2, 0.25) is 0 Å². The number of aliphatic imine (C=N–C) groups is 1. The number of alkyl halides is 1. The van der Waals surface area contributed by atoms with Crippen LogP contribution in [0.5, 0.6) is 5.75 Å². The Bertz CT molecular complexity index is 1890. The lowest BCUT2D eigenvalue weighted by Gasteiger charge is -2.21. The number of hydrogen-bond acceptors (Lipinski definition) is 8. The van der Waals surface area contributed by atoms with Crippen LogP contribution in [0, 0.1) is 11.6 Å². The molecule has 0 spiro atoms. The molecule has 54 heavy (non-hydrogen) atoms. The number of pyridine rings is 1. The first-order valence-corrected chi connectivity index (χ1v) is 18.9. The second kappa shape index (κ2) is 18.9. The van der Waals surface area contributed by atoms with E-state index in [0.29, 0.717) is 47.9 Å². The van der Waals surface area contributed by atoms with E-state index in [1.165, 1.54) is 11.6 Å². The quantitative estimate of drug-likeness (QED) is 0.128. The van der Waals surface area contributed by atoms with Gasteiger partial charge in [0.1, 0.15) is 28.9 Å². The summed E-state index contributed by atoms with van der Waals surface area (Å²) in [5.74, 6) is 5.06. The van der Waals surface area contributed by atoms with Gasteiger partial charge >= 0.3 is 0 Å². The third-order valence-corrected chi connectivity index (χ3v) is 9.15. The van der Waals surface area contributed by atoms with Crippen LogP contribution in [0.2, 0.25) is 0 Å². The number of aromatic nitrogens is 1. The standard InChI is InChI=1S/C27H29F2N5O.C12H15FN2.2C2H6/c1-16(2)19-10-20(23(29)11-22(19)28)26-27-25(34(33-30)15-35-27)12-24(32-26)21(14-31-13-17-8-9-17)18-6-4-3-5-7-18;1-8-6-9(2)10(3)15-11(14-7-8)12(13)4-5-12;2*1-2/h3-7,10-13,16,21,31,33H,8-9,14-15,30H2,1-2H3;6-7H,3-5H2,1-2H3,(H,14,15);2*1-2H3/b;8-7-,9-6-;;. The number of ether oxygens (including phenoxy) is 1. The number of hydrazine groups is 2. The highest BCUT2D eigenvalue weighted by atomic mass is 19.1. The smallest absolute Gasteiger partial charge is 0.176 e. The summed E-state index contributed by atoms with van der Waals surface area (Å²) in [6.07, 6.45) is 9.10. The molecule has 8 nitrogen and oxygen atoms in total. The van der Waals surface area contributed by atoms with Gasteiger partial charge in [-0.25, -0.2) is 23.1 Å². The number of benzene rings is 2. The van der Waals surface area contributed by atoms with Crippen LogP contribution in [0.3, 0.4) is 0 Å². The number of nitrogens with zero attached hydrogens (tertiary/aromatic N) is 3. The Morgan fingerprint density at radius 3 is 2.33 bits per heavy atom. The molecule has 1 aromatic heterocycles. The third-order valence-electron chi connectivity index (χ3n) is 9.15. The Labute approximate surface area is 319 Å². The molecule has 1 unspecified atom stereocenters. The first kappa shape index (κ1) is 41.9. The number of nitrogens with one attached hydrogen (secondary N) is 3. The van der Waals surface area contributed by atoms with E-state index >= 15 is 4.39 Å². The van der Waals surface area contributed by atoms with Crippen molar-refractivity contribution in [1.82, 2.24) is 21.2 Å². The molecule has 11 heteroatoms. The molecule has 290 valence electrons. The molecule has 0 saturated heterocycles.